The smallest absolute Gasteiger partial charge is 0.309 e. The molecule has 0 unspecified atom stereocenters. The molecule has 142 valence electrons. The normalized spacial score (nSPS) is 15.5. The van der Waals surface area contributed by atoms with Gasteiger partial charge in [0.2, 0.25) is 0 Å². The van der Waals surface area contributed by atoms with Crippen molar-refractivity contribution in [2.24, 2.45) is 10.9 Å². The van der Waals surface area contributed by atoms with Crippen LogP contribution in [0.1, 0.15) is 35.7 Å². The average Bonchev–Trinajstić information content (AvgIpc) is 2.69. The summed E-state index contributed by atoms with van der Waals surface area (Å²) in [6, 6.07) is 7.47. The number of amides is 1. The summed E-state index contributed by atoms with van der Waals surface area (Å²) in [7, 11) is 3.38. The van der Waals surface area contributed by atoms with Gasteiger partial charge in [-0.3, -0.25) is 14.6 Å². The Morgan fingerprint density at radius 1 is 1.23 bits per heavy atom. The summed E-state index contributed by atoms with van der Waals surface area (Å²) in [5.41, 5.74) is 1.71. The first-order valence-corrected chi connectivity index (χ1v) is 9.02. The number of nitrogens with zero attached hydrogens (tertiary/aromatic N) is 2. The molecular formula is C19H28N4O3. The molecule has 0 spiro atoms. The highest BCUT2D eigenvalue weighted by Gasteiger charge is 2.27. The van der Waals surface area contributed by atoms with E-state index in [2.05, 4.69) is 20.5 Å². The van der Waals surface area contributed by atoms with Gasteiger partial charge in [-0.15, -0.1) is 0 Å². The highest BCUT2D eigenvalue weighted by molar-refractivity contribution is 5.93. The molecule has 2 rings (SSSR count). The first-order chi connectivity index (χ1) is 12.6. The van der Waals surface area contributed by atoms with Crippen molar-refractivity contribution in [3.8, 4) is 0 Å². The van der Waals surface area contributed by atoms with Crippen LogP contribution in [-0.4, -0.2) is 56.5 Å². The number of esters is 1. The zero-order valence-electron chi connectivity index (χ0n) is 15.7. The van der Waals surface area contributed by atoms with Crippen molar-refractivity contribution >= 4 is 17.8 Å². The Morgan fingerprint density at radius 3 is 2.42 bits per heavy atom. The van der Waals surface area contributed by atoms with E-state index < -0.39 is 0 Å². The zero-order valence-corrected chi connectivity index (χ0v) is 15.7. The van der Waals surface area contributed by atoms with E-state index in [-0.39, 0.29) is 17.8 Å². The molecular weight excluding hydrogens is 332 g/mol. The van der Waals surface area contributed by atoms with Gasteiger partial charge in [0, 0.05) is 39.3 Å². The van der Waals surface area contributed by atoms with E-state index in [0.717, 1.165) is 37.5 Å². The molecule has 1 amide bonds. The summed E-state index contributed by atoms with van der Waals surface area (Å²) < 4.78 is 5.11. The van der Waals surface area contributed by atoms with E-state index in [0.29, 0.717) is 18.7 Å². The maximum absolute atomic E-state index is 11.8. The van der Waals surface area contributed by atoms with Gasteiger partial charge in [-0.05, 0) is 37.5 Å². The third kappa shape index (κ3) is 5.21. The average molecular weight is 360 g/mol. The molecule has 0 radical (unpaired) electrons. The molecule has 1 fully saturated rings. The van der Waals surface area contributed by atoms with Crippen LogP contribution in [0.5, 0.6) is 0 Å². The number of rotatable bonds is 5. The summed E-state index contributed by atoms with van der Waals surface area (Å²) >= 11 is 0. The Labute approximate surface area is 154 Å². The van der Waals surface area contributed by atoms with E-state index in [1.165, 1.54) is 0 Å². The van der Waals surface area contributed by atoms with E-state index in [4.69, 9.17) is 4.74 Å². The number of hydrogen-bond donors (Lipinski definition) is 2. The molecule has 0 saturated carbocycles. The lowest BCUT2D eigenvalue weighted by Crippen LogP contribution is -2.46. The number of carbonyl (C=O) groups is 2. The second-order valence-corrected chi connectivity index (χ2v) is 6.19. The Bertz CT molecular complexity index is 635. The highest BCUT2D eigenvalue weighted by Crippen LogP contribution is 2.18. The zero-order chi connectivity index (χ0) is 18.9. The number of guanidine groups is 1. The van der Waals surface area contributed by atoms with E-state index in [9.17, 15) is 9.59 Å². The summed E-state index contributed by atoms with van der Waals surface area (Å²) in [5, 5.41) is 5.96. The second-order valence-electron chi connectivity index (χ2n) is 6.19. The van der Waals surface area contributed by atoms with Crippen LogP contribution in [0.2, 0.25) is 0 Å². The molecule has 0 atom stereocenters. The number of carbonyl (C=O) groups excluding carboxylic acids is 2. The second kappa shape index (κ2) is 9.79. The molecule has 1 saturated heterocycles. The van der Waals surface area contributed by atoms with E-state index in [1.54, 1.807) is 14.1 Å². The Hall–Kier alpha value is -2.57. The SMILES string of the molecule is CCOC(=O)C1CCN(C(=NC)NCc2ccc(C(=O)NC)cc2)CC1. The Balaban J connectivity index is 1.85. The maximum atomic E-state index is 11.8. The number of benzene rings is 1. The van der Waals surface area contributed by atoms with Crippen molar-refractivity contribution in [3.05, 3.63) is 35.4 Å². The first kappa shape index (κ1) is 19.8. The van der Waals surface area contributed by atoms with Crippen LogP contribution < -0.4 is 10.6 Å². The fraction of sp³-hybridized carbons (Fsp3) is 0.526. The molecule has 7 heteroatoms. The largest absolute Gasteiger partial charge is 0.466 e. The summed E-state index contributed by atoms with van der Waals surface area (Å²) in [6.07, 6.45) is 1.56. The molecule has 1 aliphatic heterocycles. The molecule has 0 aromatic heterocycles. The van der Waals surface area contributed by atoms with Crippen LogP contribution in [0.15, 0.2) is 29.3 Å². The molecule has 7 nitrogen and oxygen atoms in total. The van der Waals surface area contributed by atoms with Gasteiger partial charge in [-0.25, -0.2) is 0 Å². The molecule has 0 bridgehead atoms. The van der Waals surface area contributed by atoms with Crippen molar-refractivity contribution < 1.29 is 14.3 Å². The molecule has 2 N–H and O–H groups in total. The van der Waals surface area contributed by atoms with Gasteiger partial charge in [-0.1, -0.05) is 12.1 Å². The summed E-state index contributed by atoms with van der Waals surface area (Å²) in [4.78, 5) is 29.9. The number of hydrogen-bond acceptors (Lipinski definition) is 4. The van der Waals surface area contributed by atoms with Crippen molar-refractivity contribution in [2.45, 2.75) is 26.3 Å². The third-order valence-electron chi connectivity index (χ3n) is 4.52. The van der Waals surface area contributed by atoms with Crippen LogP contribution in [0.25, 0.3) is 0 Å². The first-order valence-electron chi connectivity index (χ1n) is 9.02. The predicted octanol–water partition coefficient (Wildman–Crippen LogP) is 1.40. The predicted molar refractivity (Wildman–Crippen MR) is 101 cm³/mol. The van der Waals surface area contributed by atoms with Crippen LogP contribution in [0.4, 0.5) is 0 Å². The van der Waals surface area contributed by atoms with Gasteiger partial charge in [-0.2, -0.15) is 0 Å². The summed E-state index contributed by atoms with van der Waals surface area (Å²) in [5.74, 6) is 0.625. The standard InChI is InChI=1S/C19H28N4O3/c1-4-26-18(25)16-9-11-23(12-10-16)19(21-3)22-13-14-5-7-15(8-6-14)17(24)20-2/h5-8,16H,4,9-13H2,1-3H3,(H,20,24)(H,21,22). The lowest BCUT2D eigenvalue weighted by Gasteiger charge is -2.33. The molecule has 26 heavy (non-hydrogen) atoms. The summed E-state index contributed by atoms with van der Waals surface area (Å²) in [6.45, 7) is 4.44. The van der Waals surface area contributed by atoms with Crippen LogP contribution in [-0.2, 0) is 16.1 Å². The third-order valence-corrected chi connectivity index (χ3v) is 4.52. The van der Waals surface area contributed by atoms with Gasteiger partial charge < -0.3 is 20.3 Å². The molecule has 1 aromatic carbocycles. The van der Waals surface area contributed by atoms with Crippen molar-refractivity contribution in [3.63, 3.8) is 0 Å². The minimum atomic E-state index is -0.0928. The topological polar surface area (TPSA) is 83.0 Å². The van der Waals surface area contributed by atoms with Crippen LogP contribution in [0.3, 0.4) is 0 Å². The van der Waals surface area contributed by atoms with Crippen molar-refractivity contribution in [2.75, 3.05) is 33.8 Å². The minimum absolute atomic E-state index is 0.0124. The van der Waals surface area contributed by atoms with E-state index in [1.807, 2.05) is 31.2 Å². The molecule has 0 aliphatic carbocycles. The number of nitrogens with one attached hydrogen (secondary N) is 2. The number of likely N-dealkylation sites (tertiary alicyclic amines) is 1. The number of ether oxygens (including phenoxy) is 1. The van der Waals surface area contributed by atoms with Gasteiger partial charge >= 0.3 is 5.97 Å². The Morgan fingerprint density at radius 2 is 1.88 bits per heavy atom. The van der Waals surface area contributed by atoms with Gasteiger partial charge in [0.15, 0.2) is 5.96 Å². The monoisotopic (exact) mass is 360 g/mol. The highest BCUT2D eigenvalue weighted by atomic mass is 16.5. The molecule has 1 aromatic rings. The van der Waals surface area contributed by atoms with E-state index >= 15 is 0 Å². The number of aliphatic imine (C=N–C) groups is 1. The lowest BCUT2D eigenvalue weighted by molar-refractivity contribution is -0.149. The molecule has 1 heterocycles. The van der Waals surface area contributed by atoms with Crippen LogP contribution >= 0.6 is 0 Å². The van der Waals surface area contributed by atoms with Crippen LogP contribution in [0, 0.1) is 5.92 Å². The fourth-order valence-electron chi connectivity index (χ4n) is 3.02. The van der Waals surface area contributed by atoms with Gasteiger partial charge in [0.1, 0.15) is 0 Å². The van der Waals surface area contributed by atoms with Crippen molar-refractivity contribution in [1.82, 2.24) is 15.5 Å². The lowest BCUT2D eigenvalue weighted by atomic mass is 9.97. The Kier molecular flexibility index (Phi) is 7.44. The van der Waals surface area contributed by atoms with Gasteiger partial charge in [0.25, 0.3) is 5.91 Å². The fourth-order valence-corrected chi connectivity index (χ4v) is 3.02. The van der Waals surface area contributed by atoms with Gasteiger partial charge in [0.05, 0.1) is 12.5 Å². The minimum Gasteiger partial charge on any atom is -0.466 e. The van der Waals surface area contributed by atoms with Crippen molar-refractivity contribution in [1.29, 1.82) is 0 Å². The molecule has 1 aliphatic rings. The quantitative estimate of drug-likeness (QED) is 0.471. The maximum Gasteiger partial charge on any atom is 0.309 e. The number of piperidine rings is 1.